The number of nitrogens with zero attached hydrogens (tertiary/aromatic N) is 2. The van der Waals surface area contributed by atoms with Crippen LogP contribution in [0.25, 0.3) is 0 Å². The van der Waals surface area contributed by atoms with E-state index in [9.17, 15) is 14.7 Å². The van der Waals surface area contributed by atoms with Crippen molar-refractivity contribution in [1.82, 2.24) is 10.1 Å². The van der Waals surface area contributed by atoms with E-state index in [-0.39, 0.29) is 11.8 Å². The van der Waals surface area contributed by atoms with E-state index in [2.05, 4.69) is 15.5 Å². The van der Waals surface area contributed by atoms with Crippen LogP contribution in [0.3, 0.4) is 0 Å². The summed E-state index contributed by atoms with van der Waals surface area (Å²) in [5.41, 5.74) is 1.12. The van der Waals surface area contributed by atoms with Crippen LogP contribution in [0, 0.1) is 17.3 Å². The molecule has 2 N–H and O–H groups in total. The third kappa shape index (κ3) is 3.47. The van der Waals surface area contributed by atoms with E-state index in [1.54, 1.807) is 26.0 Å². The summed E-state index contributed by atoms with van der Waals surface area (Å²) in [6.07, 6.45) is 0.543. The molecule has 0 bridgehead atoms. The number of carbonyl (C=O) groups excluding carboxylic acids is 1. The normalized spacial score (nSPS) is 20.8. The zero-order valence-corrected chi connectivity index (χ0v) is 15.3. The van der Waals surface area contributed by atoms with Gasteiger partial charge in [-0.15, -0.1) is 0 Å². The molecular formula is C19H23N3O4. The Balaban J connectivity index is 1.61. The Morgan fingerprint density at radius 1 is 1.23 bits per heavy atom. The van der Waals surface area contributed by atoms with Crippen LogP contribution in [-0.4, -0.2) is 27.1 Å². The van der Waals surface area contributed by atoms with Gasteiger partial charge in [-0.1, -0.05) is 45.0 Å². The summed E-state index contributed by atoms with van der Waals surface area (Å²) < 4.78 is 5.19. The Hall–Kier alpha value is -2.70. The number of rotatable bonds is 6. The van der Waals surface area contributed by atoms with Gasteiger partial charge in [0.2, 0.25) is 11.8 Å². The summed E-state index contributed by atoms with van der Waals surface area (Å²) in [7, 11) is 0. The van der Waals surface area contributed by atoms with Crippen LogP contribution in [-0.2, 0) is 16.0 Å². The molecule has 7 nitrogen and oxygen atoms in total. The highest BCUT2D eigenvalue weighted by Gasteiger charge is 2.65. The van der Waals surface area contributed by atoms with Gasteiger partial charge in [0.25, 0.3) is 0 Å². The Morgan fingerprint density at radius 3 is 2.38 bits per heavy atom. The van der Waals surface area contributed by atoms with Crippen molar-refractivity contribution in [2.24, 2.45) is 17.3 Å². The van der Waals surface area contributed by atoms with Gasteiger partial charge in [0.05, 0.1) is 11.8 Å². The summed E-state index contributed by atoms with van der Waals surface area (Å²) in [4.78, 5) is 27.9. The molecule has 0 unspecified atom stereocenters. The quantitative estimate of drug-likeness (QED) is 0.823. The summed E-state index contributed by atoms with van der Waals surface area (Å²) in [5, 5.41) is 16.0. The van der Waals surface area contributed by atoms with Crippen LogP contribution < -0.4 is 5.32 Å². The Bertz CT molecular complexity index is 824. The van der Waals surface area contributed by atoms with Gasteiger partial charge in [-0.2, -0.15) is 4.98 Å². The number of aromatic nitrogens is 2. The molecule has 2 aromatic rings. The molecule has 1 aromatic heterocycles. The smallest absolute Gasteiger partial charge is 0.307 e. The fraction of sp³-hybridized carbons (Fsp3) is 0.474. The Kier molecular flexibility index (Phi) is 4.56. The monoisotopic (exact) mass is 357 g/mol. The molecule has 0 radical (unpaired) electrons. The Labute approximate surface area is 151 Å². The number of nitrogens with one attached hydrogen (secondary N) is 1. The molecule has 2 atom stereocenters. The van der Waals surface area contributed by atoms with Crippen molar-refractivity contribution in [1.29, 1.82) is 0 Å². The van der Waals surface area contributed by atoms with Gasteiger partial charge in [0.15, 0.2) is 5.82 Å². The molecule has 1 fully saturated rings. The maximum Gasteiger partial charge on any atom is 0.307 e. The lowest BCUT2D eigenvalue weighted by molar-refractivity contribution is -0.140. The highest BCUT2D eigenvalue weighted by Crippen LogP contribution is 2.58. The van der Waals surface area contributed by atoms with Crippen molar-refractivity contribution in [2.45, 2.75) is 40.0 Å². The number of amides is 1. The zero-order chi connectivity index (χ0) is 19.1. The van der Waals surface area contributed by atoms with Gasteiger partial charge in [0.1, 0.15) is 0 Å². The molecule has 138 valence electrons. The zero-order valence-electron chi connectivity index (χ0n) is 15.3. The fourth-order valence-electron chi connectivity index (χ4n) is 3.27. The van der Waals surface area contributed by atoms with Crippen molar-refractivity contribution in [2.75, 3.05) is 5.32 Å². The van der Waals surface area contributed by atoms with E-state index in [1.165, 1.54) is 0 Å². The summed E-state index contributed by atoms with van der Waals surface area (Å²) in [6, 6.07) is 7.35. The number of carbonyl (C=O) groups is 2. The molecule has 1 amide bonds. The number of carboxylic acid groups (broad SMARTS) is 1. The average Bonchev–Trinajstić information content (AvgIpc) is 2.90. The standard InChI is InChI=1S/C19H23N3O4/c1-10(2)17-21-13(22-26-17)9-11-5-7-12(8-6-11)20-16(23)14-15(18(24)25)19(14,3)4/h5-8,10,14-15H,9H2,1-4H3,(H,20,23)(H,24,25)/t14-,15+/m1/s1. The number of anilines is 1. The average molecular weight is 357 g/mol. The molecule has 26 heavy (non-hydrogen) atoms. The molecule has 1 aliphatic carbocycles. The molecule has 1 saturated carbocycles. The van der Waals surface area contributed by atoms with Gasteiger partial charge in [-0.05, 0) is 23.1 Å². The van der Waals surface area contributed by atoms with Crippen LogP contribution in [0.2, 0.25) is 0 Å². The molecule has 1 aliphatic rings. The first-order valence-corrected chi connectivity index (χ1v) is 8.65. The molecule has 1 aromatic carbocycles. The third-order valence-corrected chi connectivity index (χ3v) is 4.94. The number of aliphatic carboxylic acids is 1. The number of carboxylic acids is 1. The minimum absolute atomic E-state index is 0.190. The predicted molar refractivity (Wildman–Crippen MR) is 94.7 cm³/mol. The molecule has 0 aliphatic heterocycles. The summed E-state index contributed by atoms with van der Waals surface area (Å²) in [5.74, 6) is -0.890. The van der Waals surface area contributed by atoms with Crippen LogP contribution in [0.4, 0.5) is 5.69 Å². The Morgan fingerprint density at radius 2 is 1.88 bits per heavy atom. The lowest BCUT2D eigenvalue weighted by Gasteiger charge is -2.07. The van der Waals surface area contributed by atoms with E-state index in [0.29, 0.717) is 23.8 Å². The van der Waals surface area contributed by atoms with Gasteiger partial charge >= 0.3 is 5.97 Å². The van der Waals surface area contributed by atoms with Gasteiger partial charge in [-0.3, -0.25) is 9.59 Å². The molecular weight excluding hydrogens is 334 g/mol. The first kappa shape index (κ1) is 18.1. The van der Waals surface area contributed by atoms with Gasteiger partial charge in [-0.25, -0.2) is 0 Å². The topological polar surface area (TPSA) is 105 Å². The van der Waals surface area contributed by atoms with E-state index >= 15 is 0 Å². The van der Waals surface area contributed by atoms with Crippen LogP contribution in [0.15, 0.2) is 28.8 Å². The van der Waals surface area contributed by atoms with Crippen molar-refractivity contribution in [3.05, 3.63) is 41.5 Å². The summed E-state index contributed by atoms with van der Waals surface area (Å²) >= 11 is 0. The molecule has 0 spiro atoms. The highest BCUT2D eigenvalue weighted by atomic mass is 16.5. The molecule has 7 heteroatoms. The molecule has 0 saturated heterocycles. The first-order chi connectivity index (χ1) is 12.2. The van der Waals surface area contributed by atoms with Gasteiger partial charge in [0, 0.05) is 18.0 Å². The van der Waals surface area contributed by atoms with Crippen LogP contribution in [0.1, 0.15) is 50.9 Å². The van der Waals surface area contributed by atoms with Crippen molar-refractivity contribution in [3.63, 3.8) is 0 Å². The second-order valence-electron chi connectivity index (χ2n) is 7.68. The minimum atomic E-state index is -0.925. The van der Waals surface area contributed by atoms with Crippen molar-refractivity contribution >= 4 is 17.6 Å². The van der Waals surface area contributed by atoms with Crippen molar-refractivity contribution < 1.29 is 19.2 Å². The third-order valence-electron chi connectivity index (χ3n) is 4.94. The highest BCUT2D eigenvalue weighted by molar-refractivity contribution is 5.99. The van der Waals surface area contributed by atoms with Crippen LogP contribution in [0.5, 0.6) is 0 Å². The lowest BCUT2D eigenvalue weighted by Crippen LogP contribution is -2.17. The fourth-order valence-corrected chi connectivity index (χ4v) is 3.27. The number of hydrogen-bond acceptors (Lipinski definition) is 5. The second kappa shape index (κ2) is 6.55. The van der Waals surface area contributed by atoms with E-state index in [4.69, 9.17) is 4.52 Å². The lowest BCUT2D eigenvalue weighted by atomic mass is 10.1. The van der Waals surface area contributed by atoms with E-state index in [1.807, 2.05) is 26.0 Å². The second-order valence-corrected chi connectivity index (χ2v) is 7.68. The number of hydrogen-bond donors (Lipinski definition) is 2. The SMILES string of the molecule is CC(C)c1nc(Cc2ccc(NC(=O)[C@H]3[C@@H](C(=O)O)C3(C)C)cc2)no1. The molecule has 1 heterocycles. The minimum Gasteiger partial charge on any atom is -0.481 e. The van der Waals surface area contributed by atoms with E-state index < -0.39 is 23.2 Å². The van der Waals surface area contributed by atoms with Gasteiger partial charge < -0.3 is 14.9 Å². The maximum atomic E-state index is 12.3. The summed E-state index contributed by atoms with van der Waals surface area (Å²) in [6.45, 7) is 7.58. The molecule has 3 rings (SSSR count). The van der Waals surface area contributed by atoms with Crippen LogP contribution >= 0.6 is 0 Å². The van der Waals surface area contributed by atoms with Crippen molar-refractivity contribution in [3.8, 4) is 0 Å². The maximum absolute atomic E-state index is 12.3. The predicted octanol–water partition coefficient (Wildman–Crippen LogP) is 3.08. The van der Waals surface area contributed by atoms with E-state index in [0.717, 1.165) is 5.56 Å². The number of benzene rings is 1. The first-order valence-electron chi connectivity index (χ1n) is 8.65. The largest absolute Gasteiger partial charge is 0.481 e.